The predicted octanol–water partition coefficient (Wildman–Crippen LogP) is 2.21. The van der Waals surface area contributed by atoms with E-state index >= 15 is 0 Å². The van der Waals surface area contributed by atoms with Crippen molar-refractivity contribution in [2.24, 2.45) is 10.7 Å². The van der Waals surface area contributed by atoms with Gasteiger partial charge in [0, 0.05) is 25.6 Å². The Morgan fingerprint density at radius 2 is 2.07 bits per heavy atom. The van der Waals surface area contributed by atoms with Crippen LogP contribution >= 0.6 is 11.6 Å². The third kappa shape index (κ3) is 4.96. The molecule has 0 spiro atoms. The lowest BCUT2D eigenvalue weighted by Gasteiger charge is -2.40. The van der Waals surface area contributed by atoms with Gasteiger partial charge in [0.2, 0.25) is 11.8 Å². The molecule has 30 heavy (non-hydrogen) atoms. The van der Waals surface area contributed by atoms with Crippen molar-refractivity contribution in [3.63, 3.8) is 0 Å². The van der Waals surface area contributed by atoms with Crippen LogP contribution < -0.4 is 16.4 Å². The highest BCUT2D eigenvalue weighted by Crippen LogP contribution is 2.24. The first kappa shape index (κ1) is 21.1. The minimum absolute atomic E-state index is 0.126. The normalized spacial score (nSPS) is 24.9. The highest BCUT2D eigenvalue weighted by Gasteiger charge is 2.29. The van der Waals surface area contributed by atoms with E-state index < -0.39 is 0 Å². The van der Waals surface area contributed by atoms with Gasteiger partial charge in [-0.3, -0.25) is 9.89 Å². The Kier molecular flexibility index (Phi) is 6.60. The van der Waals surface area contributed by atoms with Crippen LogP contribution in [0.5, 0.6) is 0 Å². The van der Waals surface area contributed by atoms with Crippen LogP contribution in [0.1, 0.15) is 33.1 Å². The maximum atomic E-state index is 6.28. The average molecular weight is 436 g/mol. The number of nitrogens with two attached hydrogens (primary N) is 1. The quantitative estimate of drug-likeness (QED) is 0.620. The van der Waals surface area contributed by atoms with E-state index in [0.29, 0.717) is 41.0 Å². The van der Waals surface area contributed by atoms with Gasteiger partial charge in [-0.1, -0.05) is 11.6 Å². The zero-order valence-corrected chi connectivity index (χ0v) is 18.3. The van der Waals surface area contributed by atoms with Gasteiger partial charge in [0.15, 0.2) is 5.82 Å². The molecule has 0 aromatic carbocycles. The largest absolute Gasteiger partial charge is 0.478 e. The van der Waals surface area contributed by atoms with Crippen LogP contribution in [0, 0.1) is 0 Å². The van der Waals surface area contributed by atoms with E-state index in [9.17, 15) is 0 Å². The molecule has 2 saturated heterocycles. The van der Waals surface area contributed by atoms with E-state index in [0.717, 1.165) is 51.3 Å². The summed E-state index contributed by atoms with van der Waals surface area (Å²) in [6.07, 6.45) is 4.36. The molecule has 9 nitrogen and oxygen atoms in total. The summed E-state index contributed by atoms with van der Waals surface area (Å²) in [6, 6.07) is 0.963. The molecule has 4 heterocycles. The van der Waals surface area contributed by atoms with Crippen LogP contribution in [-0.4, -0.2) is 71.6 Å². The maximum absolute atomic E-state index is 6.28. The molecule has 2 fully saturated rings. The van der Waals surface area contributed by atoms with Crippen molar-refractivity contribution < 1.29 is 9.47 Å². The Bertz CT molecular complexity index is 819. The summed E-state index contributed by atoms with van der Waals surface area (Å²) < 4.78 is 11.1. The van der Waals surface area contributed by atoms with Gasteiger partial charge in [0.05, 0.1) is 43.8 Å². The molecule has 164 valence electrons. The fourth-order valence-corrected chi connectivity index (χ4v) is 3.99. The van der Waals surface area contributed by atoms with Crippen LogP contribution in [0.3, 0.4) is 0 Å². The number of likely N-dealkylation sites (tertiary alicyclic amines) is 1. The summed E-state index contributed by atoms with van der Waals surface area (Å²) >= 11 is 6.24. The van der Waals surface area contributed by atoms with Crippen molar-refractivity contribution in [2.45, 2.75) is 51.2 Å². The molecular formula is C20H30ClN7O2. The molecule has 0 saturated carbocycles. The van der Waals surface area contributed by atoms with Gasteiger partial charge < -0.3 is 25.8 Å². The summed E-state index contributed by atoms with van der Waals surface area (Å²) in [5.41, 5.74) is 7.68. The lowest BCUT2D eigenvalue weighted by molar-refractivity contribution is -0.0709. The van der Waals surface area contributed by atoms with E-state index in [1.54, 1.807) is 6.20 Å². The van der Waals surface area contributed by atoms with Crippen LogP contribution in [-0.2, 0) is 9.47 Å². The molecule has 3 aliphatic rings. The van der Waals surface area contributed by atoms with E-state index in [-0.39, 0.29) is 12.1 Å². The zero-order valence-electron chi connectivity index (χ0n) is 17.5. The first-order chi connectivity index (χ1) is 14.5. The van der Waals surface area contributed by atoms with Crippen LogP contribution in [0.15, 0.2) is 22.8 Å². The van der Waals surface area contributed by atoms with Crippen molar-refractivity contribution >= 4 is 29.1 Å². The average Bonchev–Trinajstić information content (AvgIpc) is 2.70. The molecule has 0 unspecified atom stereocenters. The monoisotopic (exact) mass is 435 g/mol. The van der Waals surface area contributed by atoms with Crippen molar-refractivity contribution in [2.75, 3.05) is 43.5 Å². The highest BCUT2D eigenvalue weighted by atomic mass is 35.5. The van der Waals surface area contributed by atoms with E-state index in [1.807, 2.05) is 13.8 Å². The molecule has 1 atom stereocenters. The molecular weight excluding hydrogens is 406 g/mol. The Morgan fingerprint density at radius 3 is 2.77 bits per heavy atom. The molecule has 1 aromatic rings. The number of hydrogen-bond donors (Lipinski definition) is 3. The second-order valence-corrected chi connectivity index (χ2v) is 8.52. The van der Waals surface area contributed by atoms with Crippen LogP contribution in [0.4, 0.5) is 11.8 Å². The number of nitrogens with one attached hydrogen (secondary N) is 2. The second kappa shape index (κ2) is 9.36. The van der Waals surface area contributed by atoms with Crippen LogP contribution in [0.2, 0.25) is 5.02 Å². The third-order valence-electron chi connectivity index (χ3n) is 5.79. The number of rotatable bonds is 3. The van der Waals surface area contributed by atoms with Crippen molar-refractivity contribution in [1.82, 2.24) is 14.9 Å². The summed E-state index contributed by atoms with van der Waals surface area (Å²) in [7, 11) is 0. The number of piperidine rings is 1. The summed E-state index contributed by atoms with van der Waals surface area (Å²) in [5.74, 6) is 1.28. The Balaban J connectivity index is 1.51. The summed E-state index contributed by atoms with van der Waals surface area (Å²) in [4.78, 5) is 16.2. The third-order valence-corrected chi connectivity index (χ3v) is 6.07. The lowest BCUT2D eigenvalue weighted by Crippen LogP contribution is -2.52. The Hall–Kier alpha value is -2.10. The molecule has 3 aliphatic heterocycles. The number of halogens is 1. The number of fused-ring (bicyclic) bond motifs is 2. The first-order valence-electron chi connectivity index (χ1n) is 10.5. The Labute approximate surface area is 182 Å². The predicted molar refractivity (Wildman–Crippen MR) is 118 cm³/mol. The minimum atomic E-state index is 0.126. The smallest absolute Gasteiger partial charge is 0.229 e. The van der Waals surface area contributed by atoms with E-state index in [4.69, 9.17) is 31.8 Å². The highest BCUT2D eigenvalue weighted by molar-refractivity contribution is 6.32. The van der Waals surface area contributed by atoms with E-state index in [2.05, 4.69) is 25.5 Å². The molecule has 10 heteroatoms. The van der Waals surface area contributed by atoms with Gasteiger partial charge in [0.1, 0.15) is 10.7 Å². The fraction of sp³-hybridized carbons (Fsp3) is 0.650. The molecule has 0 amide bonds. The number of aliphatic imine (C=N–C) groups is 1. The number of ether oxygens (including phenoxy) is 2. The second-order valence-electron chi connectivity index (χ2n) is 8.11. The Morgan fingerprint density at radius 1 is 1.30 bits per heavy atom. The summed E-state index contributed by atoms with van der Waals surface area (Å²) in [5, 5.41) is 6.95. The summed E-state index contributed by atoms with van der Waals surface area (Å²) in [6.45, 7) is 8.26. The number of nitrogens with zero attached hydrogens (tertiary/aromatic N) is 4. The number of aromatic nitrogens is 2. The van der Waals surface area contributed by atoms with Gasteiger partial charge in [0.25, 0.3) is 0 Å². The number of allylic oxidation sites excluding steroid dienone is 1. The molecule has 0 aliphatic carbocycles. The molecule has 4 N–H and O–H groups in total. The standard InChI is InChI=1S/C20H30ClN7O2/c1-12-5-8-30-18(22)17(26-20-23-9-16(21)19(24-12)27-20)13(2)25-14-3-6-28(7-4-14)15-10-29-11-15/h9,12,14-15H,3-8,10-11,22H2,1-2H3,(H2,23,24,26,27)/t12-/m1/s1. The van der Waals surface area contributed by atoms with E-state index in [1.165, 1.54) is 0 Å². The maximum Gasteiger partial charge on any atom is 0.229 e. The first-order valence-corrected chi connectivity index (χ1v) is 10.9. The molecule has 4 rings (SSSR count). The SMILES string of the molecule is CC(=NC1CCN(C2COC2)CC1)C1=C(N)OCC[C@@H](C)Nc2nc(ncc2Cl)N1. The lowest BCUT2D eigenvalue weighted by atomic mass is 10.0. The van der Waals surface area contributed by atoms with Crippen molar-refractivity contribution in [3.05, 3.63) is 22.8 Å². The van der Waals surface area contributed by atoms with Gasteiger partial charge in [-0.25, -0.2) is 4.98 Å². The minimum Gasteiger partial charge on any atom is -0.478 e. The number of hydrogen-bond acceptors (Lipinski definition) is 9. The fourth-order valence-electron chi connectivity index (χ4n) is 3.85. The molecule has 1 aromatic heterocycles. The zero-order chi connectivity index (χ0) is 21.1. The van der Waals surface area contributed by atoms with Gasteiger partial charge in [-0.05, 0) is 26.7 Å². The van der Waals surface area contributed by atoms with Gasteiger partial charge in [-0.2, -0.15) is 4.98 Å². The topological polar surface area (TPSA) is 110 Å². The van der Waals surface area contributed by atoms with Crippen molar-refractivity contribution in [3.8, 4) is 0 Å². The number of anilines is 2. The molecule has 2 bridgehead atoms. The molecule has 0 radical (unpaired) electrons. The van der Waals surface area contributed by atoms with Gasteiger partial charge in [-0.15, -0.1) is 0 Å². The van der Waals surface area contributed by atoms with Crippen LogP contribution in [0.25, 0.3) is 0 Å². The van der Waals surface area contributed by atoms with Gasteiger partial charge >= 0.3 is 0 Å². The van der Waals surface area contributed by atoms with Crippen molar-refractivity contribution in [1.29, 1.82) is 0 Å².